The van der Waals surface area contributed by atoms with Gasteiger partial charge in [0.25, 0.3) is 0 Å². The van der Waals surface area contributed by atoms with Crippen LogP contribution in [0.25, 0.3) is 11.2 Å². The van der Waals surface area contributed by atoms with Crippen LogP contribution >= 0.6 is 0 Å². The lowest BCUT2D eigenvalue weighted by Gasteiger charge is -2.38. The number of carbonyl (C=O) groups is 2. The lowest BCUT2D eigenvalue weighted by molar-refractivity contribution is -0.139. The zero-order valence-corrected chi connectivity index (χ0v) is 52.1. The van der Waals surface area contributed by atoms with E-state index in [0.717, 1.165) is 33.4 Å². The number of alkyl carbamates (subject to hydrolysis) is 1. The number of imidazole rings is 1. The Kier molecular flexibility index (Phi) is 19.6. The number of carboxylic acids is 1. The molecule has 0 bridgehead atoms. The lowest BCUT2D eigenvalue weighted by Crippen LogP contribution is -2.47. The van der Waals surface area contributed by atoms with Gasteiger partial charge in [0.15, 0.2) is 23.2 Å². The number of carbonyl (C=O) groups excluding carboxylic acids is 1. The average molecular weight is 1270 g/mol. The summed E-state index contributed by atoms with van der Waals surface area (Å²) in [6.07, 6.45) is -5.19. The van der Waals surface area contributed by atoms with Crippen LogP contribution in [0.15, 0.2) is 194 Å². The first kappa shape index (κ1) is 64.9. The third-order valence-electron chi connectivity index (χ3n) is 17.0. The van der Waals surface area contributed by atoms with Crippen molar-refractivity contribution in [2.75, 3.05) is 51.1 Å². The standard InChI is InChI=1S/C70H76N10O13/c1-68(2,3)93-67(88)74-53(65(85)86)35-37-78(36-34-44-39-79(57-38-54(82)56(41-81)91-57)66(87)75-61(44)76-69(45-18-10-6-11-19-45,46-20-12-7-13-21-46)49-26-30-51(89-4)31-27-49)40-55-59(83)60(84)64(92-55)80-43-73-58-62(71-42-72-63(58)80)77-70(47-22-14-8-15-23-47,48-24-16-9-17-25-48)50-28-32-52(90-5)33-29-50/h6-33,39,42-43,53-57,59-60,64,81-84H,34-38,40-41H2,1-5H3,(H,74,88)(H,85,86)(H,71,72,77)(H,75,76,87)/t53?,54-,55+,56+,57-,59+,60+,64+/m0/s1. The number of rotatable bonds is 25. The number of nitrogens with zero attached hydrogens (tertiary/aromatic N) is 7. The number of aliphatic hydroxyl groups is 4. The highest BCUT2D eigenvalue weighted by Gasteiger charge is 2.46. The van der Waals surface area contributed by atoms with Crippen LogP contribution in [0.2, 0.25) is 0 Å². The number of nitrogens with one attached hydrogen (secondary N) is 3. The molecule has 1 unspecified atom stereocenters. The second kappa shape index (κ2) is 28.1. The van der Waals surface area contributed by atoms with E-state index in [-0.39, 0.29) is 50.4 Å². The molecule has 5 heterocycles. The highest BCUT2D eigenvalue weighted by molar-refractivity contribution is 5.84. The van der Waals surface area contributed by atoms with Crippen molar-refractivity contribution in [3.05, 3.63) is 238 Å². The topological polar surface area (TPSA) is 299 Å². The van der Waals surface area contributed by atoms with E-state index in [1.54, 1.807) is 41.2 Å². The molecule has 9 aromatic rings. The van der Waals surface area contributed by atoms with E-state index in [0.29, 0.717) is 28.4 Å². The average Bonchev–Trinajstić information content (AvgIpc) is 1.43. The monoisotopic (exact) mass is 1260 g/mol. The number of benzene rings is 6. The van der Waals surface area contributed by atoms with Gasteiger partial charge in [-0.05, 0) is 91.3 Å². The van der Waals surface area contributed by atoms with Crippen molar-refractivity contribution >= 4 is 34.9 Å². The minimum atomic E-state index is -1.55. The number of amides is 1. The van der Waals surface area contributed by atoms with Gasteiger partial charge in [-0.15, -0.1) is 0 Å². The fraction of sp³-hybridized carbons (Fsp3) is 0.329. The zero-order chi connectivity index (χ0) is 65.4. The fourth-order valence-corrected chi connectivity index (χ4v) is 12.4. The van der Waals surface area contributed by atoms with E-state index in [1.165, 1.54) is 21.8 Å². The Bertz CT molecular complexity index is 3950. The molecule has 2 fully saturated rings. The molecule has 0 radical (unpaired) electrons. The molecule has 2 aliphatic heterocycles. The normalized spacial score (nSPS) is 19.5. The number of aliphatic carboxylic acids is 1. The summed E-state index contributed by atoms with van der Waals surface area (Å²) in [6.45, 7) is 4.40. The molecule has 0 spiro atoms. The number of hydrogen-bond donors (Lipinski definition) is 8. The van der Waals surface area contributed by atoms with Gasteiger partial charge in [0, 0.05) is 37.8 Å². The minimum Gasteiger partial charge on any atom is -0.497 e. The maximum Gasteiger partial charge on any atom is 0.408 e. The van der Waals surface area contributed by atoms with E-state index >= 15 is 0 Å². The molecule has 8 N–H and O–H groups in total. The van der Waals surface area contributed by atoms with Crippen molar-refractivity contribution in [3.8, 4) is 11.5 Å². The summed E-state index contributed by atoms with van der Waals surface area (Å²) in [7, 11) is 3.19. The summed E-state index contributed by atoms with van der Waals surface area (Å²) < 4.78 is 32.2. The maximum atomic E-state index is 14.6. The van der Waals surface area contributed by atoms with E-state index in [9.17, 15) is 39.9 Å². The number of anilines is 2. The summed E-state index contributed by atoms with van der Waals surface area (Å²) >= 11 is 0. The first-order valence-corrected chi connectivity index (χ1v) is 30.7. The lowest BCUT2D eigenvalue weighted by atomic mass is 9.77. The molecule has 93 heavy (non-hydrogen) atoms. The molecule has 3 aromatic heterocycles. The summed E-state index contributed by atoms with van der Waals surface area (Å²) in [5.41, 5.74) is 2.09. The molecule has 8 atom stereocenters. The Balaban J connectivity index is 0.958. The first-order chi connectivity index (χ1) is 44.9. The quantitative estimate of drug-likeness (QED) is 0.0259. The smallest absolute Gasteiger partial charge is 0.408 e. The van der Waals surface area contributed by atoms with Gasteiger partial charge in [-0.2, -0.15) is 4.98 Å². The van der Waals surface area contributed by atoms with Gasteiger partial charge in [-0.3, -0.25) is 9.13 Å². The van der Waals surface area contributed by atoms with Gasteiger partial charge in [0.05, 0.1) is 33.3 Å². The van der Waals surface area contributed by atoms with Crippen molar-refractivity contribution in [2.45, 2.75) is 106 Å². The minimum absolute atomic E-state index is 0.0293. The molecule has 2 aliphatic rings. The van der Waals surface area contributed by atoms with Gasteiger partial charge < -0.3 is 70.1 Å². The van der Waals surface area contributed by atoms with E-state index < -0.39 is 90.1 Å². The fourth-order valence-electron chi connectivity index (χ4n) is 12.4. The number of fused-ring (bicyclic) bond motifs is 1. The Hall–Kier alpha value is -9.59. The van der Waals surface area contributed by atoms with Gasteiger partial charge in [0.1, 0.15) is 77.0 Å². The summed E-state index contributed by atoms with van der Waals surface area (Å²) in [5.74, 6) is 0.462. The van der Waals surface area contributed by atoms with Crippen molar-refractivity contribution in [2.24, 2.45) is 0 Å². The van der Waals surface area contributed by atoms with Crippen LogP contribution in [0.3, 0.4) is 0 Å². The van der Waals surface area contributed by atoms with Crippen molar-refractivity contribution in [1.29, 1.82) is 0 Å². The van der Waals surface area contributed by atoms with Crippen LogP contribution in [0.5, 0.6) is 11.5 Å². The van der Waals surface area contributed by atoms with Crippen LogP contribution in [0.4, 0.5) is 16.4 Å². The van der Waals surface area contributed by atoms with E-state index in [2.05, 4.69) is 20.9 Å². The molecular formula is C70H76N10O13. The zero-order valence-electron chi connectivity index (χ0n) is 52.1. The predicted octanol–water partition coefficient (Wildman–Crippen LogP) is 7.38. The van der Waals surface area contributed by atoms with Crippen molar-refractivity contribution in [1.82, 2.24) is 39.3 Å². The Morgan fingerprint density at radius 2 is 1.17 bits per heavy atom. The summed E-state index contributed by atoms with van der Waals surface area (Å²) in [6, 6.07) is 53.0. The van der Waals surface area contributed by atoms with Crippen LogP contribution in [-0.4, -0.2) is 154 Å². The number of carboxylic acid groups (broad SMARTS) is 1. The molecule has 6 aromatic carbocycles. The summed E-state index contributed by atoms with van der Waals surface area (Å²) in [5, 5.41) is 65.9. The molecule has 484 valence electrons. The second-order valence-electron chi connectivity index (χ2n) is 24.1. The highest BCUT2D eigenvalue weighted by Crippen LogP contribution is 2.44. The Labute approximate surface area is 537 Å². The predicted molar refractivity (Wildman–Crippen MR) is 346 cm³/mol. The van der Waals surface area contributed by atoms with Crippen LogP contribution in [0, 0.1) is 0 Å². The first-order valence-electron chi connectivity index (χ1n) is 30.7. The molecule has 23 heteroatoms. The SMILES string of the molecule is COc1ccc(C(Nc2nc(=O)n([C@@H]3C[C@H](O)[C@@H](CO)O3)cc2CCN(CCC(NC(=O)OC(C)(C)C)C(=O)O)C[C@H]2O[C@@H](n3cnc4c(NC(c5ccccc5)(c5ccccc5)c5ccc(OC)cc5)ncnc43)[C@H](O)[C@@H]2O)(c2ccccc2)c2ccccc2)cc1. The van der Waals surface area contributed by atoms with Crippen LogP contribution in [0.1, 0.15) is 85.0 Å². The third-order valence-corrected chi connectivity index (χ3v) is 17.0. The molecule has 23 nitrogen and oxygen atoms in total. The number of hydrogen-bond acceptors (Lipinski definition) is 19. The molecule has 11 rings (SSSR count). The van der Waals surface area contributed by atoms with E-state index in [4.69, 9.17) is 38.6 Å². The van der Waals surface area contributed by atoms with Gasteiger partial charge >= 0.3 is 17.8 Å². The largest absolute Gasteiger partial charge is 0.497 e. The maximum absolute atomic E-state index is 14.6. The van der Waals surface area contributed by atoms with Crippen molar-refractivity contribution in [3.63, 3.8) is 0 Å². The molecular weight excluding hydrogens is 1190 g/mol. The Morgan fingerprint density at radius 3 is 1.66 bits per heavy atom. The third kappa shape index (κ3) is 13.8. The summed E-state index contributed by atoms with van der Waals surface area (Å²) in [4.78, 5) is 61.5. The number of methoxy groups -OCH3 is 2. The second-order valence-corrected chi connectivity index (χ2v) is 24.1. The van der Waals surface area contributed by atoms with Gasteiger partial charge in [0.2, 0.25) is 0 Å². The number of aromatic nitrogens is 6. The highest BCUT2D eigenvalue weighted by atomic mass is 16.6. The number of ether oxygens (including phenoxy) is 5. The molecule has 2 saturated heterocycles. The van der Waals surface area contributed by atoms with Gasteiger partial charge in [-0.25, -0.2) is 29.3 Å². The van der Waals surface area contributed by atoms with Crippen LogP contribution < -0.4 is 31.1 Å². The molecule has 0 aliphatic carbocycles. The molecule has 1 amide bonds. The molecule has 0 saturated carbocycles. The van der Waals surface area contributed by atoms with Gasteiger partial charge in [-0.1, -0.05) is 146 Å². The van der Waals surface area contributed by atoms with E-state index in [1.807, 2.05) is 175 Å². The van der Waals surface area contributed by atoms with Crippen molar-refractivity contribution < 1.29 is 58.8 Å². The number of aliphatic hydroxyl groups excluding tert-OH is 4. The van der Waals surface area contributed by atoms with Crippen LogP contribution in [-0.2, 0) is 36.5 Å². The Morgan fingerprint density at radius 1 is 0.656 bits per heavy atom.